The van der Waals surface area contributed by atoms with Crippen molar-refractivity contribution in [1.82, 2.24) is 0 Å². The third-order valence-electron chi connectivity index (χ3n) is 2.76. The molecule has 0 spiro atoms. The van der Waals surface area contributed by atoms with E-state index in [4.69, 9.17) is 9.15 Å². The van der Waals surface area contributed by atoms with Crippen molar-refractivity contribution in [2.45, 2.75) is 12.0 Å². The number of benzene rings is 1. The molecule has 4 nitrogen and oxygen atoms in total. The van der Waals surface area contributed by atoms with Crippen LogP contribution >= 0.6 is 0 Å². The SMILES string of the molecule is COC(=O)C(c1ccccc1)C(O)c1ccco1. The van der Waals surface area contributed by atoms with Crippen molar-refractivity contribution < 1.29 is 19.1 Å². The molecule has 2 aromatic rings. The summed E-state index contributed by atoms with van der Waals surface area (Å²) in [5, 5.41) is 10.2. The Morgan fingerprint density at radius 2 is 1.94 bits per heavy atom. The zero-order chi connectivity index (χ0) is 13.0. The molecule has 2 atom stereocenters. The maximum Gasteiger partial charge on any atom is 0.316 e. The molecule has 0 saturated heterocycles. The van der Waals surface area contributed by atoms with Crippen LogP contribution < -0.4 is 0 Å². The van der Waals surface area contributed by atoms with Crippen molar-refractivity contribution in [3.63, 3.8) is 0 Å². The minimum absolute atomic E-state index is 0.342. The molecule has 0 aliphatic rings. The summed E-state index contributed by atoms with van der Waals surface area (Å²) < 4.78 is 9.88. The van der Waals surface area contributed by atoms with E-state index < -0.39 is 18.0 Å². The van der Waals surface area contributed by atoms with Crippen molar-refractivity contribution in [2.75, 3.05) is 7.11 Å². The maximum atomic E-state index is 11.8. The van der Waals surface area contributed by atoms with Crippen LogP contribution in [-0.2, 0) is 9.53 Å². The summed E-state index contributed by atoms with van der Waals surface area (Å²) in [4.78, 5) is 11.8. The van der Waals surface area contributed by atoms with Crippen molar-refractivity contribution in [3.05, 3.63) is 60.1 Å². The molecule has 0 fully saturated rings. The zero-order valence-corrected chi connectivity index (χ0v) is 9.95. The van der Waals surface area contributed by atoms with Gasteiger partial charge < -0.3 is 14.3 Å². The van der Waals surface area contributed by atoms with Gasteiger partial charge in [-0.1, -0.05) is 30.3 Å². The highest BCUT2D eigenvalue weighted by Gasteiger charge is 2.32. The third kappa shape index (κ3) is 2.43. The van der Waals surface area contributed by atoms with Gasteiger partial charge in [0.15, 0.2) is 0 Å². The highest BCUT2D eigenvalue weighted by Crippen LogP contribution is 2.32. The normalized spacial score (nSPS) is 13.9. The van der Waals surface area contributed by atoms with Crippen molar-refractivity contribution in [2.24, 2.45) is 0 Å². The molecule has 94 valence electrons. The lowest BCUT2D eigenvalue weighted by Crippen LogP contribution is -2.21. The van der Waals surface area contributed by atoms with Crippen LogP contribution in [0.2, 0.25) is 0 Å². The monoisotopic (exact) mass is 246 g/mol. The Morgan fingerprint density at radius 1 is 1.22 bits per heavy atom. The van der Waals surface area contributed by atoms with Gasteiger partial charge in [0.2, 0.25) is 0 Å². The second kappa shape index (κ2) is 5.51. The van der Waals surface area contributed by atoms with Gasteiger partial charge in [-0.05, 0) is 17.7 Å². The van der Waals surface area contributed by atoms with Crippen LogP contribution in [0.25, 0.3) is 0 Å². The number of aliphatic hydroxyl groups is 1. The summed E-state index contributed by atoms with van der Waals surface area (Å²) in [6.07, 6.45) is 0.396. The van der Waals surface area contributed by atoms with E-state index >= 15 is 0 Å². The van der Waals surface area contributed by atoms with Crippen LogP contribution in [0.15, 0.2) is 53.1 Å². The van der Waals surface area contributed by atoms with E-state index in [0.29, 0.717) is 11.3 Å². The number of carbonyl (C=O) groups is 1. The Labute approximate surface area is 105 Å². The van der Waals surface area contributed by atoms with Gasteiger partial charge in [0.1, 0.15) is 17.8 Å². The van der Waals surface area contributed by atoms with Crippen LogP contribution in [0.5, 0.6) is 0 Å². The molecular weight excluding hydrogens is 232 g/mol. The molecule has 18 heavy (non-hydrogen) atoms. The molecule has 2 unspecified atom stereocenters. The minimum atomic E-state index is -1.06. The highest BCUT2D eigenvalue weighted by atomic mass is 16.5. The molecule has 0 amide bonds. The lowest BCUT2D eigenvalue weighted by atomic mass is 9.92. The molecule has 4 heteroatoms. The minimum Gasteiger partial charge on any atom is -0.468 e. The lowest BCUT2D eigenvalue weighted by Gasteiger charge is -2.19. The molecule has 0 radical (unpaired) electrons. The first-order valence-corrected chi connectivity index (χ1v) is 5.58. The third-order valence-corrected chi connectivity index (χ3v) is 2.76. The first kappa shape index (κ1) is 12.4. The summed E-state index contributed by atoms with van der Waals surface area (Å²) in [6, 6.07) is 12.3. The molecule has 1 aromatic heterocycles. The van der Waals surface area contributed by atoms with Gasteiger partial charge in [-0.25, -0.2) is 0 Å². The van der Waals surface area contributed by atoms with Gasteiger partial charge in [0.05, 0.1) is 13.4 Å². The first-order valence-electron chi connectivity index (χ1n) is 5.58. The number of hydrogen-bond acceptors (Lipinski definition) is 4. The largest absolute Gasteiger partial charge is 0.468 e. The van der Waals surface area contributed by atoms with Gasteiger partial charge >= 0.3 is 5.97 Å². The lowest BCUT2D eigenvalue weighted by molar-refractivity contribution is -0.145. The molecule has 1 heterocycles. The fourth-order valence-electron chi connectivity index (χ4n) is 1.86. The van der Waals surface area contributed by atoms with Crippen LogP contribution in [0.4, 0.5) is 0 Å². The Morgan fingerprint density at radius 3 is 2.50 bits per heavy atom. The second-order valence-corrected chi connectivity index (χ2v) is 3.87. The predicted octanol–water partition coefficient (Wildman–Crippen LogP) is 2.27. The molecule has 2 rings (SSSR count). The number of ether oxygens (including phenoxy) is 1. The van der Waals surface area contributed by atoms with Crippen LogP contribution in [0, 0.1) is 0 Å². The number of esters is 1. The van der Waals surface area contributed by atoms with Crippen LogP contribution in [-0.4, -0.2) is 18.2 Å². The van der Waals surface area contributed by atoms with Crippen molar-refractivity contribution in [3.8, 4) is 0 Å². The topological polar surface area (TPSA) is 59.7 Å². The molecular formula is C14H14O4. The fraction of sp³-hybridized carbons (Fsp3) is 0.214. The molecule has 0 aliphatic heterocycles. The van der Waals surface area contributed by atoms with Crippen LogP contribution in [0.3, 0.4) is 0 Å². The Bertz CT molecular complexity index is 490. The Kier molecular flexibility index (Phi) is 3.79. The fourth-order valence-corrected chi connectivity index (χ4v) is 1.86. The van der Waals surface area contributed by atoms with Gasteiger partial charge in [0.25, 0.3) is 0 Å². The quantitative estimate of drug-likeness (QED) is 0.841. The number of hydrogen-bond donors (Lipinski definition) is 1. The number of furan rings is 1. The molecule has 0 saturated carbocycles. The summed E-state index contributed by atoms with van der Waals surface area (Å²) in [5.74, 6) is -0.943. The number of rotatable bonds is 4. The highest BCUT2D eigenvalue weighted by molar-refractivity contribution is 5.79. The smallest absolute Gasteiger partial charge is 0.316 e. The van der Waals surface area contributed by atoms with E-state index in [1.54, 1.807) is 36.4 Å². The first-order chi connectivity index (χ1) is 8.74. The van der Waals surface area contributed by atoms with E-state index in [1.807, 2.05) is 6.07 Å². The average Bonchev–Trinajstić information content (AvgIpc) is 2.94. The summed E-state index contributed by atoms with van der Waals surface area (Å²) >= 11 is 0. The number of aliphatic hydroxyl groups excluding tert-OH is 1. The Hall–Kier alpha value is -2.07. The summed E-state index contributed by atoms with van der Waals surface area (Å²) in [5.41, 5.74) is 0.688. The van der Waals surface area contributed by atoms with Gasteiger partial charge in [0, 0.05) is 0 Å². The van der Waals surface area contributed by atoms with Crippen molar-refractivity contribution in [1.29, 1.82) is 0 Å². The molecule has 0 aliphatic carbocycles. The van der Waals surface area contributed by atoms with Gasteiger partial charge in [-0.2, -0.15) is 0 Å². The predicted molar refractivity (Wildman–Crippen MR) is 64.9 cm³/mol. The average molecular weight is 246 g/mol. The van der Waals surface area contributed by atoms with Crippen LogP contribution in [0.1, 0.15) is 23.3 Å². The van der Waals surface area contributed by atoms with E-state index in [9.17, 15) is 9.90 Å². The maximum absolute atomic E-state index is 11.8. The zero-order valence-electron chi connectivity index (χ0n) is 9.95. The summed E-state index contributed by atoms with van der Waals surface area (Å²) in [7, 11) is 1.30. The molecule has 1 aromatic carbocycles. The van der Waals surface area contributed by atoms with Gasteiger partial charge in [-0.15, -0.1) is 0 Å². The number of carbonyl (C=O) groups excluding carboxylic acids is 1. The van der Waals surface area contributed by atoms with E-state index in [-0.39, 0.29) is 0 Å². The standard InChI is InChI=1S/C14H14O4/c1-17-14(16)12(10-6-3-2-4-7-10)13(15)11-8-5-9-18-11/h2-9,12-13,15H,1H3. The molecule has 1 N–H and O–H groups in total. The van der Waals surface area contributed by atoms with E-state index in [0.717, 1.165) is 0 Å². The van der Waals surface area contributed by atoms with E-state index in [1.165, 1.54) is 13.4 Å². The van der Waals surface area contributed by atoms with Crippen molar-refractivity contribution >= 4 is 5.97 Å². The second-order valence-electron chi connectivity index (χ2n) is 3.87. The van der Waals surface area contributed by atoms with Gasteiger partial charge in [-0.3, -0.25) is 4.79 Å². The van der Waals surface area contributed by atoms with E-state index in [2.05, 4.69) is 0 Å². The Balaban J connectivity index is 2.35. The molecule has 0 bridgehead atoms. The summed E-state index contributed by atoms with van der Waals surface area (Å²) in [6.45, 7) is 0. The number of methoxy groups -OCH3 is 1.